The molecule has 0 bridgehead atoms. The van der Waals surface area contributed by atoms with Crippen molar-refractivity contribution in [1.82, 2.24) is 0 Å². The van der Waals surface area contributed by atoms with Gasteiger partial charge in [-0.2, -0.15) is 0 Å². The highest BCUT2D eigenvalue weighted by atomic mass is 16.7. The molecule has 0 amide bonds. The maximum atomic E-state index is 5.66. The summed E-state index contributed by atoms with van der Waals surface area (Å²) in [5, 5.41) is 0. The van der Waals surface area contributed by atoms with Crippen molar-refractivity contribution >= 4 is 0 Å². The maximum Gasteiger partial charge on any atom is 0.153 e. The number of epoxide rings is 2. The summed E-state index contributed by atoms with van der Waals surface area (Å²) < 4.78 is 11.1. The van der Waals surface area contributed by atoms with Gasteiger partial charge in [0, 0.05) is 0 Å². The van der Waals surface area contributed by atoms with Crippen LogP contribution in [0.5, 0.6) is 0 Å². The zero-order valence-corrected chi connectivity index (χ0v) is 6.69. The van der Waals surface area contributed by atoms with Gasteiger partial charge in [0.05, 0.1) is 0 Å². The topological polar surface area (TPSA) is 25.1 Å². The molecule has 0 aromatic rings. The Morgan fingerprint density at radius 1 is 1.33 bits per heavy atom. The molecule has 3 rings (SSSR count). The molecule has 0 spiro atoms. The van der Waals surface area contributed by atoms with E-state index in [0.29, 0.717) is 0 Å². The lowest BCUT2D eigenvalue weighted by atomic mass is 9.84. The molecule has 2 nitrogen and oxygen atoms in total. The number of hydrogen-bond acceptors (Lipinski definition) is 2. The van der Waals surface area contributed by atoms with Crippen molar-refractivity contribution in [1.29, 1.82) is 0 Å². The predicted molar refractivity (Wildman–Crippen MR) is 44.7 cm³/mol. The third-order valence-corrected chi connectivity index (χ3v) is 3.00. The van der Waals surface area contributed by atoms with Crippen LogP contribution < -0.4 is 0 Å². The average molecular weight is 162 g/mol. The molecular formula is C10H10O2. The van der Waals surface area contributed by atoms with Gasteiger partial charge in [-0.15, -0.1) is 0 Å². The van der Waals surface area contributed by atoms with Gasteiger partial charge in [0.1, 0.15) is 17.8 Å². The first-order valence-corrected chi connectivity index (χ1v) is 4.10. The van der Waals surface area contributed by atoms with E-state index in [1.54, 1.807) is 0 Å². The van der Waals surface area contributed by atoms with Gasteiger partial charge >= 0.3 is 0 Å². The second kappa shape index (κ2) is 1.58. The number of fused-ring (bicyclic) bond motifs is 3. The van der Waals surface area contributed by atoms with Gasteiger partial charge in [-0.25, -0.2) is 0 Å². The van der Waals surface area contributed by atoms with Crippen LogP contribution in [0.4, 0.5) is 0 Å². The Hall–Kier alpha value is -0.860. The van der Waals surface area contributed by atoms with Crippen LogP contribution in [-0.2, 0) is 9.47 Å². The van der Waals surface area contributed by atoms with Gasteiger partial charge in [0.25, 0.3) is 0 Å². The van der Waals surface area contributed by atoms with E-state index in [0.717, 1.165) is 0 Å². The first-order valence-electron chi connectivity index (χ1n) is 4.10. The number of hydrogen-bond donors (Lipinski definition) is 0. The summed E-state index contributed by atoms with van der Waals surface area (Å²) in [5.74, 6) is 0. The molecule has 0 aromatic carbocycles. The summed E-state index contributed by atoms with van der Waals surface area (Å²) >= 11 is 0. The molecule has 0 N–H and O–H groups in total. The number of rotatable bonds is 2. The Morgan fingerprint density at radius 3 is 2.83 bits per heavy atom. The molecule has 2 heteroatoms. The van der Waals surface area contributed by atoms with E-state index in [2.05, 4.69) is 13.2 Å². The largest absolute Gasteiger partial charge is 0.361 e. The number of ether oxygens (including phenoxy) is 2. The molecule has 0 aromatic heterocycles. The summed E-state index contributed by atoms with van der Waals surface area (Å²) in [6.45, 7) is 7.55. The summed E-state index contributed by atoms with van der Waals surface area (Å²) in [6, 6.07) is 0. The van der Waals surface area contributed by atoms with Crippen molar-refractivity contribution in [3.05, 3.63) is 37.5 Å². The molecule has 2 heterocycles. The Labute approximate surface area is 71.2 Å². The van der Waals surface area contributed by atoms with Crippen LogP contribution in [0.15, 0.2) is 37.5 Å². The Bertz CT molecular complexity index is 307. The van der Waals surface area contributed by atoms with E-state index < -0.39 is 0 Å². The summed E-state index contributed by atoms with van der Waals surface area (Å²) in [4.78, 5) is 0. The lowest BCUT2D eigenvalue weighted by Gasteiger charge is -2.10. The Kier molecular flexibility index (Phi) is 0.875. The normalized spacial score (nSPS) is 58.3. The van der Waals surface area contributed by atoms with Crippen LogP contribution in [0.3, 0.4) is 0 Å². The highest BCUT2D eigenvalue weighted by Gasteiger charge is 2.77. The monoisotopic (exact) mass is 162 g/mol. The van der Waals surface area contributed by atoms with E-state index in [4.69, 9.17) is 9.47 Å². The fourth-order valence-corrected chi connectivity index (χ4v) is 2.14. The summed E-state index contributed by atoms with van der Waals surface area (Å²) in [7, 11) is 0. The van der Waals surface area contributed by atoms with Crippen LogP contribution in [0.1, 0.15) is 0 Å². The first kappa shape index (κ1) is 6.63. The molecule has 12 heavy (non-hydrogen) atoms. The molecule has 2 fully saturated rings. The van der Waals surface area contributed by atoms with Crippen molar-refractivity contribution in [3.8, 4) is 0 Å². The predicted octanol–water partition coefficient (Wildman–Crippen LogP) is 1.20. The van der Waals surface area contributed by atoms with Gasteiger partial charge < -0.3 is 9.47 Å². The summed E-state index contributed by atoms with van der Waals surface area (Å²) in [5.41, 5.74) is -0.611. The lowest BCUT2D eigenvalue weighted by Crippen LogP contribution is -2.30. The van der Waals surface area contributed by atoms with Gasteiger partial charge in [-0.3, -0.25) is 0 Å². The van der Waals surface area contributed by atoms with Crippen molar-refractivity contribution in [3.63, 3.8) is 0 Å². The van der Waals surface area contributed by atoms with Crippen molar-refractivity contribution < 1.29 is 9.47 Å². The molecule has 4 atom stereocenters. The third kappa shape index (κ3) is 0.464. The zero-order valence-electron chi connectivity index (χ0n) is 6.69. The molecule has 3 aliphatic rings. The van der Waals surface area contributed by atoms with Gasteiger partial charge in [0.15, 0.2) is 5.60 Å². The third-order valence-electron chi connectivity index (χ3n) is 3.00. The molecule has 1 aliphatic carbocycles. The van der Waals surface area contributed by atoms with Gasteiger partial charge in [-0.1, -0.05) is 31.4 Å². The second-order valence-electron chi connectivity index (χ2n) is 3.48. The minimum absolute atomic E-state index is 0.179. The maximum absolute atomic E-state index is 5.66. The minimum atomic E-state index is -0.313. The van der Waals surface area contributed by atoms with Crippen LogP contribution in [0.25, 0.3) is 0 Å². The highest BCUT2D eigenvalue weighted by molar-refractivity contribution is 5.47. The van der Waals surface area contributed by atoms with Gasteiger partial charge in [0.2, 0.25) is 0 Å². The molecule has 0 saturated carbocycles. The molecular weight excluding hydrogens is 152 g/mol. The fourth-order valence-electron chi connectivity index (χ4n) is 2.14. The smallest absolute Gasteiger partial charge is 0.153 e. The van der Waals surface area contributed by atoms with E-state index in [-0.39, 0.29) is 23.4 Å². The van der Waals surface area contributed by atoms with Gasteiger partial charge in [-0.05, 0) is 6.08 Å². The summed E-state index contributed by atoms with van der Waals surface area (Å²) in [6.07, 6.45) is 8.15. The van der Waals surface area contributed by atoms with E-state index in [1.165, 1.54) is 0 Å². The minimum Gasteiger partial charge on any atom is -0.361 e. The van der Waals surface area contributed by atoms with Crippen LogP contribution in [0.2, 0.25) is 0 Å². The standard InChI is InChI=1S/C10H10O2/c1-3-9-6-5-7-8(11-7)10(9,4-2)12-9/h3-8H,1-2H2. The molecule has 0 radical (unpaired) electrons. The van der Waals surface area contributed by atoms with Crippen molar-refractivity contribution in [2.75, 3.05) is 0 Å². The molecule has 62 valence electrons. The Balaban J connectivity index is 2.10. The molecule has 4 unspecified atom stereocenters. The van der Waals surface area contributed by atoms with E-state index in [1.807, 2.05) is 24.3 Å². The first-order chi connectivity index (χ1) is 5.78. The van der Waals surface area contributed by atoms with E-state index in [9.17, 15) is 0 Å². The zero-order chi connectivity index (χ0) is 8.40. The van der Waals surface area contributed by atoms with Crippen molar-refractivity contribution in [2.45, 2.75) is 23.4 Å². The highest BCUT2D eigenvalue weighted by Crippen LogP contribution is 2.62. The second-order valence-corrected chi connectivity index (χ2v) is 3.48. The molecule has 2 aliphatic heterocycles. The van der Waals surface area contributed by atoms with Crippen LogP contribution in [-0.4, -0.2) is 23.4 Å². The quantitative estimate of drug-likeness (QED) is 0.450. The fraction of sp³-hybridized carbons (Fsp3) is 0.400. The SMILES string of the molecule is C=CC12C=CC3OC3C1(C=C)O2. The lowest BCUT2D eigenvalue weighted by molar-refractivity contribution is 0.265. The van der Waals surface area contributed by atoms with Crippen LogP contribution in [0, 0.1) is 0 Å². The Morgan fingerprint density at radius 2 is 2.17 bits per heavy atom. The van der Waals surface area contributed by atoms with Crippen LogP contribution >= 0.6 is 0 Å². The van der Waals surface area contributed by atoms with Crippen molar-refractivity contribution in [2.24, 2.45) is 0 Å². The average Bonchev–Trinajstić information content (AvgIpc) is 2.97. The van der Waals surface area contributed by atoms with E-state index >= 15 is 0 Å². The molecule has 2 saturated heterocycles.